The Morgan fingerprint density at radius 2 is 1.73 bits per heavy atom. The zero-order chi connectivity index (χ0) is 20.7. The molecule has 0 bridgehead atoms. The Hall–Kier alpha value is -4.53. The van der Waals surface area contributed by atoms with E-state index < -0.39 is 17.2 Å². The van der Waals surface area contributed by atoms with E-state index in [-0.39, 0.29) is 10.9 Å². The summed E-state index contributed by atoms with van der Waals surface area (Å²) >= 11 is 0. The molecule has 5 aromatic rings. The van der Waals surface area contributed by atoms with Crippen molar-refractivity contribution in [2.75, 3.05) is 5.43 Å². The molecule has 3 aromatic heterocycles. The molecule has 0 unspecified atom stereocenters. The minimum atomic E-state index is -0.946. The molecule has 2 N–H and O–H groups in total. The lowest BCUT2D eigenvalue weighted by atomic mass is 10.1. The third kappa shape index (κ3) is 2.76. The van der Waals surface area contributed by atoms with Crippen molar-refractivity contribution in [2.24, 2.45) is 0 Å². The van der Waals surface area contributed by atoms with Crippen LogP contribution in [0.1, 0.15) is 10.4 Å². The first-order valence-corrected chi connectivity index (χ1v) is 9.06. The van der Waals surface area contributed by atoms with Gasteiger partial charge in [0.15, 0.2) is 5.65 Å². The Morgan fingerprint density at radius 3 is 2.57 bits per heavy atom. The summed E-state index contributed by atoms with van der Waals surface area (Å²) in [7, 11) is 0. The van der Waals surface area contributed by atoms with E-state index in [1.165, 1.54) is 17.1 Å². The zero-order valence-corrected chi connectivity index (χ0v) is 15.4. The van der Waals surface area contributed by atoms with Crippen LogP contribution in [0.4, 0.5) is 0 Å². The fourth-order valence-electron chi connectivity index (χ4n) is 3.29. The molecule has 146 valence electrons. The van der Waals surface area contributed by atoms with Gasteiger partial charge in [0.25, 0.3) is 11.3 Å². The second-order valence-corrected chi connectivity index (χ2v) is 6.57. The summed E-state index contributed by atoms with van der Waals surface area (Å²) in [4.78, 5) is 45.0. The van der Waals surface area contributed by atoms with Gasteiger partial charge in [-0.1, -0.05) is 36.4 Å². The van der Waals surface area contributed by atoms with Crippen LogP contribution in [0.3, 0.4) is 0 Å². The summed E-state index contributed by atoms with van der Waals surface area (Å²) in [5, 5.41) is 5.05. The average Bonchev–Trinajstić information content (AvgIpc) is 3.40. The predicted octanol–water partition coefficient (Wildman–Crippen LogP) is 2.02. The lowest BCUT2D eigenvalue weighted by Gasteiger charge is -2.07. The number of carbonyl (C=O) groups is 2. The molecule has 0 saturated heterocycles. The van der Waals surface area contributed by atoms with Gasteiger partial charge in [-0.3, -0.25) is 19.8 Å². The normalized spacial score (nSPS) is 11.1. The molecule has 0 spiro atoms. The summed E-state index contributed by atoms with van der Waals surface area (Å²) in [6.07, 6.45) is 4.01. The minimum Gasteiger partial charge on any atom is -0.360 e. The van der Waals surface area contributed by atoms with Gasteiger partial charge in [0.05, 0.1) is 17.4 Å². The highest BCUT2D eigenvalue weighted by Crippen LogP contribution is 2.18. The largest absolute Gasteiger partial charge is 0.360 e. The SMILES string of the molecule is O=C(Nn1cnc2c(cnn2-c2ccccc2)c1=O)C(=O)c1c[nH]c2ccccc12. The monoisotopic (exact) mass is 398 g/mol. The molecule has 0 fully saturated rings. The zero-order valence-electron chi connectivity index (χ0n) is 15.4. The number of ketones is 1. The van der Waals surface area contributed by atoms with E-state index >= 15 is 0 Å². The Morgan fingerprint density at radius 1 is 0.967 bits per heavy atom. The molecule has 0 radical (unpaired) electrons. The molecule has 0 aliphatic carbocycles. The van der Waals surface area contributed by atoms with Crippen LogP contribution in [0.5, 0.6) is 0 Å². The number of Topliss-reactive ketones (excluding diaryl/α,β-unsaturated/α-hetero) is 1. The second kappa shape index (κ2) is 6.82. The van der Waals surface area contributed by atoms with Crippen molar-refractivity contribution in [3.05, 3.63) is 89.2 Å². The number of hydrogen-bond acceptors (Lipinski definition) is 5. The molecule has 0 saturated carbocycles. The number of fused-ring (bicyclic) bond motifs is 2. The number of nitrogens with zero attached hydrogens (tertiary/aromatic N) is 4. The summed E-state index contributed by atoms with van der Waals surface area (Å²) in [6.45, 7) is 0. The van der Waals surface area contributed by atoms with Gasteiger partial charge in [0.2, 0.25) is 0 Å². The number of H-pyrrole nitrogens is 1. The van der Waals surface area contributed by atoms with E-state index in [0.717, 1.165) is 22.2 Å². The first-order chi connectivity index (χ1) is 14.6. The van der Waals surface area contributed by atoms with E-state index in [1.54, 1.807) is 18.2 Å². The number of para-hydroxylation sites is 2. The number of amides is 1. The van der Waals surface area contributed by atoms with E-state index in [4.69, 9.17) is 0 Å². The fraction of sp³-hybridized carbons (Fsp3) is 0. The maximum absolute atomic E-state index is 12.8. The molecule has 2 aromatic carbocycles. The van der Waals surface area contributed by atoms with Gasteiger partial charge in [0, 0.05) is 17.1 Å². The summed E-state index contributed by atoms with van der Waals surface area (Å²) < 4.78 is 2.41. The number of nitrogens with one attached hydrogen (secondary N) is 2. The first kappa shape index (κ1) is 17.6. The van der Waals surface area contributed by atoms with Crippen molar-refractivity contribution in [3.63, 3.8) is 0 Å². The third-order valence-electron chi connectivity index (χ3n) is 4.75. The predicted molar refractivity (Wildman–Crippen MR) is 110 cm³/mol. The van der Waals surface area contributed by atoms with Crippen LogP contribution in [0.25, 0.3) is 27.6 Å². The lowest BCUT2D eigenvalue weighted by molar-refractivity contribution is -0.113. The van der Waals surface area contributed by atoms with Crippen LogP contribution in [0, 0.1) is 0 Å². The van der Waals surface area contributed by atoms with Crippen molar-refractivity contribution in [3.8, 4) is 5.69 Å². The Balaban J connectivity index is 1.47. The molecule has 9 heteroatoms. The molecule has 3 heterocycles. The number of aromatic amines is 1. The van der Waals surface area contributed by atoms with Gasteiger partial charge in [-0.15, -0.1) is 0 Å². The van der Waals surface area contributed by atoms with Crippen molar-refractivity contribution < 1.29 is 9.59 Å². The smallest absolute Gasteiger partial charge is 0.311 e. The highest BCUT2D eigenvalue weighted by molar-refractivity contribution is 6.47. The van der Waals surface area contributed by atoms with Gasteiger partial charge in [-0.2, -0.15) is 5.10 Å². The minimum absolute atomic E-state index is 0.209. The molecule has 0 atom stereocenters. The van der Waals surface area contributed by atoms with Crippen molar-refractivity contribution in [1.29, 1.82) is 0 Å². The van der Waals surface area contributed by atoms with Gasteiger partial charge >= 0.3 is 5.91 Å². The molecule has 9 nitrogen and oxygen atoms in total. The van der Waals surface area contributed by atoms with Crippen LogP contribution in [0.15, 0.2) is 78.1 Å². The Labute approximate surface area is 168 Å². The van der Waals surface area contributed by atoms with Gasteiger partial charge in [0.1, 0.15) is 11.7 Å². The number of benzene rings is 2. The number of rotatable bonds is 4. The second-order valence-electron chi connectivity index (χ2n) is 6.57. The lowest BCUT2D eigenvalue weighted by Crippen LogP contribution is -2.36. The summed E-state index contributed by atoms with van der Waals surface area (Å²) in [5.41, 5.74) is 3.82. The highest BCUT2D eigenvalue weighted by Gasteiger charge is 2.21. The van der Waals surface area contributed by atoms with Gasteiger partial charge < -0.3 is 4.98 Å². The number of carbonyl (C=O) groups excluding carboxylic acids is 2. The standard InChI is InChI=1S/C21H14N6O3/c28-18(15-10-22-17-9-5-4-8-14(15)17)20(29)25-26-12-23-19-16(21(26)30)11-24-27(19)13-6-2-1-3-7-13/h1-12,22H,(H,25,29). The van der Waals surface area contributed by atoms with Crippen molar-refractivity contribution in [1.82, 2.24) is 24.4 Å². The topological polar surface area (TPSA) is 115 Å². The number of hydrogen-bond donors (Lipinski definition) is 2. The average molecular weight is 398 g/mol. The quantitative estimate of drug-likeness (QED) is 0.355. The number of aromatic nitrogens is 5. The van der Waals surface area contributed by atoms with Crippen LogP contribution in [-0.2, 0) is 4.79 Å². The van der Waals surface area contributed by atoms with E-state index in [2.05, 4.69) is 20.5 Å². The molecule has 5 rings (SSSR count). The van der Waals surface area contributed by atoms with E-state index in [9.17, 15) is 14.4 Å². The Kier molecular flexibility index (Phi) is 3.99. The summed E-state index contributed by atoms with van der Waals surface area (Å²) in [6, 6.07) is 16.4. The van der Waals surface area contributed by atoms with Crippen LogP contribution in [-0.4, -0.2) is 36.1 Å². The van der Waals surface area contributed by atoms with Gasteiger partial charge in [-0.05, 0) is 18.2 Å². The van der Waals surface area contributed by atoms with Crippen LogP contribution >= 0.6 is 0 Å². The molecular formula is C21H14N6O3. The molecule has 0 aliphatic heterocycles. The van der Waals surface area contributed by atoms with E-state index in [1.807, 2.05) is 36.4 Å². The molecular weight excluding hydrogens is 384 g/mol. The van der Waals surface area contributed by atoms with Crippen molar-refractivity contribution in [2.45, 2.75) is 0 Å². The fourth-order valence-corrected chi connectivity index (χ4v) is 3.29. The third-order valence-corrected chi connectivity index (χ3v) is 4.75. The Bertz CT molecular complexity index is 1480. The maximum Gasteiger partial charge on any atom is 0.311 e. The molecule has 0 aliphatic rings. The highest BCUT2D eigenvalue weighted by atomic mass is 16.2. The van der Waals surface area contributed by atoms with Gasteiger partial charge in [-0.25, -0.2) is 14.3 Å². The van der Waals surface area contributed by atoms with E-state index in [0.29, 0.717) is 11.0 Å². The first-order valence-electron chi connectivity index (χ1n) is 9.06. The molecule has 1 amide bonds. The molecule has 30 heavy (non-hydrogen) atoms. The van der Waals surface area contributed by atoms with Crippen LogP contribution in [0.2, 0.25) is 0 Å². The maximum atomic E-state index is 12.8. The summed E-state index contributed by atoms with van der Waals surface area (Å²) in [5.74, 6) is -1.71. The van der Waals surface area contributed by atoms with Crippen LogP contribution < -0.4 is 11.0 Å². The van der Waals surface area contributed by atoms with Crippen molar-refractivity contribution >= 4 is 33.6 Å².